The van der Waals surface area contributed by atoms with Crippen molar-refractivity contribution in [1.82, 2.24) is 10.2 Å². The molecule has 5 nitrogen and oxygen atoms in total. The molecule has 2 unspecified atom stereocenters. The van der Waals surface area contributed by atoms with Gasteiger partial charge in [0.2, 0.25) is 0 Å². The lowest BCUT2D eigenvalue weighted by Crippen LogP contribution is -2.35. The van der Waals surface area contributed by atoms with Crippen molar-refractivity contribution in [3.8, 4) is 11.3 Å². The van der Waals surface area contributed by atoms with E-state index in [1.165, 1.54) is 6.07 Å². The summed E-state index contributed by atoms with van der Waals surface area (Å²) in [5.74, 6) is 0.497. The summed E-state index contributed by atoms with van der Waals surface area (Å²) in [5, 5.41) is 8.36. The molecule has 9 heteroatoms. The van der Waals surface area contributed by atoms with Gasteiger partial charge in [0.15, 0.2) is 0 Å². The molecule has 0 saturated carbocycles. The molecule has 2 aromatic rings. The maximum atomic E-state index is 13.1. The van der Waals surface area contributed by atoms with Gasteiger partial charge < -0.3 is 10.5 Å². The van der Waals surface area contributed by atoms with E-state index in [4.69, 9.17) is 10.5 Å². The molecule has 0 spiro atoms. The van der Waals surface area contributed by atoms with Gasteiger partial charge in [0.05, 0.1) is 17.0 Å². The quantitative estimate of drug-likeness (QED) is 0.672. The zero-order chi connectivity index (χ0) is 21.9. The predicted octanol–water partition coefficient (Wildman–Crippen LogP) is 4.41. The Kier molecular flexibility index (Phi) is 7.02. The molecule has 0 aliphatic heterocycles. The average molecular weight is 440 g/mol. The lowest BCUT2D eigenvalue weighted by molar-refractivity contribution is -0.152. The Labute approximate surface area is 177 Å². The summed E-state index contributed by atoms with van der Waals surface area (Å²) in [6, 6.07) is 5.91. The van der Waals surface area contributed by atoms with Crippen LogP contribution >= 0.6 is 11.8 Å². The number of rotatable bonds is 6. The topological polar surface area (TPSA) is 78.1 Å². The van der Waals surface area contributed by atoms with Crippen molar-refractivity contribution < 1.29 is 22.7 Å². The van der Waals surface area contributed by atoms with E-state index in [1.807, 2.05) is 13.2 Å². The number of hydrogen-bond donors (Lipinski definition) is 1. The highest BCUT2D eigenvalue weighted by Gasteiger charge is 2.32. The van der Waals surface area contributed by atoms with E-state index in [1.54, 1.807) is 23.9 Å². The second kappa shape index (κ2) is 9.34. The van der Waals surface area contributed by atoms with Crippen LogP contribution in [0.2, 0.25) is 0 Å². The van der Waals surface area contributed by atoms with E-state index >= 15 is 0 Å². The van der Waals surface area contributed by atoms with E-state index in [-0.39, 0.29) is 5.92 Å². The molecule has 1 aromatic carbocycles. The molecule has 1 aliphatic rings. The maximum absolute atomic E-state index is 13.1. The number of hydrogen-bond acceptors (Lipinski definition) is 6. The van der Waals surface area contributed by atoms with E-state index in [9.17, 15) is 18.0 Å². The Morgan fingerprint density at radius 3 is 2.80 bits per heavy atom. The molecular weight excluding hydrogens is 415 g/mol. The number of nitrogens with zero attached hydrogens (tertiary/aromatic N) is 2. The van der Waals surface area contributed by atoms with Crippen molar-refractivity contribution in [2.75, 3.05) is 12.0 Å². The van der Waals surface area contributed by atoms with Crippen molar-refractivity contribution in [3.63, 3.8) is 0 Å². The standard InChI is InChI=1S/C21H24F3N3O2S/c1-12-8-18-15(19(9-12)29-20(28)16(25)6-7-30-2)11-17(26-27-18)13-4-3-5-14(10-13)21(22,23)24/h3-5,10-12,16,19H,6-9,25H2,1-2H3/t12?,16-,19?/m0/s1. The van der Waals surface area contributed by atoms with Gasteiger partial charge in [-0.2, -0.15) is 35.1 Å². The van der Waals surface area contributed by atoms with Crippen molar-refractivity contribution in [2.24, 2.45) is 11.7 Å². The number of ether oxygens (including phenoxy) is 1. The fraction of sp³-hybridized carbons (Fsp3) is 0.476. The molecular formula is C21H24F3N3O2S. The Morgan fingerprint density at radius 2 is 2.10 bits per heavy atom. The molecule has 30 heavy (non-hydrogen) atoms. The van der Waals surface area contributed by atoms with Crippen molar-refractivity contribution in [3.05, 3.63) is 47.2 Å². The van der Waals surface area contributed by atoms with Crippen LogP contribution in [0.3, 0.4) is 0 Å². The Bertz CT molecular complexity index is 907. The fourth-order valence-corrected chi connectivity index (χ4v) is 3.96. The van der Waals surface area contributed by atoms with Crippen LogP contribution in [-0.4, -0.2) is 34.2 Å². The van der Waals surface area contributed by atoms with Gasteiger partial charge in [-0.15, -0.1) is 0 Å². The zero-order valence-corrected chi connectivity index (χ0v) is 17.6. The molecule has 0 bridgehead atoms. The predicted molar refractivity (Wildman–Crippen MR) is 110 cm³/mol. The number of halogens is 3. The first-order valence-corrected chi connectivity index (χ1v) is 11.1. The Morgan fingerprint density at radius 1 is 1.33 bits per heavy atom. The van der Waals surface area contributed by atoms with Crippen LogP contribution < -0.4 is 5.73 Å². The minimum atomic E-state index is -4.45. The molecule has 3 atom stereocenters. The summed E-state index contributed by atoms with van der Waals surface area (Å²) in [5.41, 5.74) is 7.17. The third-order valence-corrected chi connectivity index (χ3v) is 5.73. The zero-order valence-electron chi connectivity index (χ0n) is 16.8. The van der Waals surface area contributed by atoms with Crippen LogP contribution in [0.1, 0.15) is 42.7 Å². The minimum Gasteiger partial charge on any atom is -0.456 e. The van der Waals surface area contributed by atoms with Gasteiger partial charge in [0.1, 0.15) is 12.1 Å². The van der Waals surface area contributed by atoms with E-state index in [2.05, 4.69) is 10.2 Å². The summed E-state index contributed by atoms with van der Waals surface area (Å²) in [6.07, 6.45) is -1.28. The highest BCUT2D eigenvalue weighted by molar-refractivity contribution is 7.98. The number of carbonyl (C=O) groups is 1. The highest BCUT2D eigenvalue weighted by Crippen LogP contribution is 2.37. The maximum Gasteiger partial charge on any atom is 0.416 e. The Hall–Kier alpha value is -2.13. The van der Waals surface area contributed by atoms with Gasteiger partial charge in [0.25, 0.3) is 0 Å². The number of esters is 1. The largest absolute Gasteiger partial charge is 0.456 e. The second-order valence-corrected chi connectivity index (χ2v) is 8.55. The summed E-state index contributed by atoms with van der Waals surface area (Å²) in [7, 11) is 0. The molecule has 1 aliphatic carbocycles. The smallest absolute Gasteiger partial charge is 0.416 e. The van der Waals surface area contributed by atoms with E-state index in [0.717, 1.165) is 17.9 Å². The molecule has 3 rings (SSSR count). The number of alkyl halides is 3. The van der Waals surface area contributed by atoms with E-state index < -0.39 is 29.9 Å². The lowest BCUT2D eigenvalue weighted by Gasteiger charge is -2.29. The highest BCUT2D eigenvalue weighted by atomic mass is 32.2. The summed E-state index contributed by atoms with van der Waals surface area (Å²) in [4.78, 5) is 12.4. The van der Waals surface area contributed by atoms with Crippen molar-refractivity contribution >= 4 is 17.7 Å². The van der Waals surface area contributed by atoms with Crippen LogP contribution in [-0.2, 0) is 22.1 Å². The molecule has 0 saturated heterocycles. The molecule has 2 N–H and O–H groups in total. The number of benzene rings is 1. The van der Waals surface area contributed by atoms with Crippen LogP contribution in [0.5, 0.6) is 0 Å². The molecule has 1 aromatic heterocycles. The third kappa shape index (κ3) is 5.31. The monoisotopic (exact) mass is 439 g/mol. The van der Waals surface area contributed by atoms with Gasteiger partial charge in [-0.1, -0.05) is 19.1 Å². The number of thioether (sulfide) groups is 1. The first-order chi connectivity index (χ1) is 14.2. The summed E-state index contributed by atoms with van der Waals surface area (Å²) in [6.45, 7) is 2.03. The molecule has 0 amide bonds. The SMILES string of the molecule is CSCC[C@H](N)C(=O)OC1CC(C)Cc2nnc(-c3cccc(C(F)(F)F)c3)cc21. The molecule has 162 valence electrons. The normalized spacial score (nSPS) is 19.8. The lowest BCUT2D eigenvalue weighted by atomic mass is 9.85. The van der Waals surface area contributed by atoms with Gasteiger partial charge in [0, 0.05) is 11.1 Å². The fourth-order valence-electron chi connectivity index (χ4n) is 3.47. The van der Waals surface area contributed by atoms with Crippen LogP contribution in [0.15, 0.2) is 30.3 Å². The van der Waals surface area contributed by atoms with Crippen LogP contribution in [0.4, 0.5) is 13.2 Å². The third-order valence-electron chi connectivity index (χ3n) is 5.09. The number of nitrogens with two attached hydrogens (primary N) is 1. The summed E-state index contributed by atoms with van der Waals surface area (Å²) >= 11 is 1.60. The van der Waals surface area contributed by atoms with Crippen molar-refractivity contribution in [2.45, 2.75) is 44.5 Å². The molecule has 1 heterocycles. The van der Waals surface area contributed by atoms with Gasteiger partial charge >= 0.3 is 12.1 Å². The number of fused-ring (bicyclic) bond motifs is 1. The van der Waals surface area contributed by atoms with Gasteiger partial charge in [-0.05, 0) is 55.4 Å². The first kappa shape index (κ1) is 22.6. The minimum absolute atomic E-state index is 0.228. The van der Waals surface area contributed by atoms with Gasteiger partial charge in [-0.25, -0.2) is 0 Å². The molecule has 0 radical (unpaired) electrons. The van der Waals surface area contributed by atoms with Crippen LogP contribution in [0, 0.1) is 5.92 Å². The van der Waals surface area contributed by atoms with E-state index in [0.29, 0.717) is 41.8 Å². The number of carbonyl (C=O) groups excluding carboxylic acids is 1. The number of aromatic nitrogens is 2. The first-order valence-electron chi connectivity index (χ1n) is 9.68. The van der Waals surface area contributed by atoms with Crippen LogP contribution in [0.25, 0.3) is 11.3 Å². The summed E-state index contributed by atoms with van der Waals surface area (Å²) < 4.78 is 44.9. The second-order valence-electron chi connectivity index (χ2n) is 7.57. The van der Waals surface area contributed by atoms with Gasteiger partial charge in [-0.3, -0.25) is 4.79 Å². The van der Waals surface area contributed by atoms with Crippen molar-refractivity contribution in [1.29, 1.82) is 0 Å². The molecule has 0 fully saturated rings. The average Bonchev–Trinajstić information content (AvgIpc) is 2.71. The Balaban J connectivity index is 1.89.